The van der Waals surface area contributed by atoms with Crippen LogP contribution in [0, 0.1) is 10.8 Å². The Hall–Kier alpha value is -3.75. The van der Waals surface area contributed by atoms with Crippen LogP contribution in [0.5, 0.6) is 5.75 Å². The normalized spacial score (nSPS) is 18.2. The van der Waals surface area contributed by atoms with E-state index in [2.05, 4.69) is 9.97 Å². The van der Waals surface area contributed by atoms with E-state index in [1.807, 2.05) is 18.2 Å². The number of piperidine rings is 1. The van der Waals surface area contributed by atoms with Crippen molar-refractivity contribution >= 4 is 29.3 Å². The van der Waals surface area contributed by atoms with Crippen molar-refractivity contribution in [2.24, 2.45) is 11.1 Å². The van der Waals surface area contributed by atoms with E-state index in [9.17, 15) is 9.59 Å². The molecule has 2 aliphatic rings. The summed E-state index contributed by atoms with van der Waals surface area (Å²) in [6, 6.07) is 5.48. The Morgan fingerprint density at radius 1 is 1.22 bits per heavy atom. The predicted octanol–water partition coefficient (Wildman–Crippen LogP) is 2.09. The van der Waals surface area contributed by atoms with Crippen LogP contribution in [0.2, 0.25) is 0 Å². The Bertz CT molecular complexity index is 1060. The molecule has 0 aliphatic carbocycles. The standard InChI is InChI=1S/C23H26N6O3/c1-32-20-12-17(2-3-18(20)16(13-24)14-25)29-11-6-23(22(29)31)4-9-28(10-5-23)21(30)19-15-26-7-8-27-19/h2-3,7-8,12-15,24H,4-6,9-11,25H2,1H3/b16-14+,24-13?. The van der Waals surface area contributed by atoms with Crippen molar-refractivity contribution in [3.8, 4) is 5.75 Å². The second kappa shape index (κ2) is 8.78. The van der Waals surface area contributed by atoms with Crippen LogP contribution in [0.3, 0.4) is 0 Å². The van der Waals surface area contributed by atoms with Crippen LogP contribution in [0.1, 0.15) is 35.3 Å². The van der Waals surface area contributed by atoms with Gasteiger partial charge >= 0.3 is 0 Å². The lowest BCUT2D eigenvalue weighted by atomic mass is 9.77. The van der Waals surface area contributed by atoms with Crippen molar-refractivity contribution in [2.45, 2.75) is 19.3 Å². The number of aromatic nitrogens is 2. The van der Waals surface area contributed by atoms with Crippen molar-refractivity contribution in [3.05, 3.63) is 54.2 Å². The molecule has 2 aromatic rings. The number of nitrogens with one attached hydrogen (secondary N) is 1. The molecule has 0 saturated carbocycles. The minimum absolute atomic E-state index is 0.0838. The summed E-state index contributed by atoms with van der Waals surface area (Å²) in [5.74, 6) is 0.493. The number of nitrogens with zero attached hydrogens (tertiary/aromatic N) is 4. The van der Waals surface area contributed by atoms with Crippen molar-refractivity contribution in [3.63, 3.8) is 0 Å². The minimum Gasteiger partial charge on any atom is -0.496 e. The highest BCUT2D eigenvalue weighted by atomic mass is 16.5. The highest BCUT2D eigenvalue weighted by Crippen LogP contribution is 2.44. The number of allylic oxidation sites excluding steroid dienone is 1. The molecule has 3 heterocycles. The first-order chi connectivity index (χ1) is 15.5. The molecule has 2 fully saturated rings. The van der Waals surface area contributed by atoms with E-state index in [1.165, 1.54) is 31.0 Å². The Morgan fingerprint density at radius 3 is 2.59 bits per heavy atom. The summed E-state index contributed by atoms with van der Waals surface area (Å²) < 4.78 is 5.49. The Labute approximate surface area is 186 Å². The predicted molar refractivity (Wildman–Crippen MR) is 121 cm³/mol. The van der Waals surface area contributed by atoms with Gasteiger partial charge in [0.15, 0.2) is 0 Å². The van der Waals surface area contributed by atoms with E-state index in [1.54, 1.807) is 16.9 Å². The lowest BCUT2D eigenvalue weighted by molar-refractivity contribution is -0.127. The van der Waals surface area contributed by atoms with Gasteiger partial charge in [0, 0.05) is 67.3 Å². The number of carbonyl (C=O) groups is 2. The summed E-state index contributed by atoms with van der Waals surface area (Å²) in [5.41, 5.74) is 7.48. The number of likely N-dealkylation sites (tertiary alicyclic amines) is 1. The molecule has 1 aromatic carbocycles. The maximum atomic E-state index is 13.5. The van der Waals surface area contributed by atoms with Gasteiger partial charge in [0.05, 0.1) is 18.7 Å². The summed E-state index contributed by atoms with van der Waals surface area (Å²) >= 11 is 0. The van der Waals surface area contributed by atoms with E-state index < -0.39 is 5.41 Å². The zero-order chi connectivity index (χ0) is 22.7. The molecular formula is C23H26N6O3. The molecule has 0 unspecified atom stereocenters. The van der Waals surface area contributed by atoms with Crippen LogP contribution in [-0.2, 0) is 4.79 Å². The molecule has 2 saturated heterocycles. The minimum atomic E-state index is -0.456. The number of methoxy groups -OCH3 is 1. The zero-order valence-electron chi connectivity index (χ0n) is 18.0. The zero-order valence-corrected chi connectivity index (χ0v) is 18.0. The van der Waals surface area contributed by atoms with E-state index in [-0.39, 0.29) is 11.8 Å². The molecule has 0 atom stereocenters. The molecule has 1 spiro atoms. The molecule has 9 nitrogen and oxygen atoms in total. The number of hydrogen-bond acceptors (Lipinski definition) is 7. The number of carbonyl (C=O) groups excluding carboxylic acids is 2. The van der Waals surface area contributed by atoms with Gasteiger partial charge in [-0.05, 0) is 31.4 Å². The van der Waals surface area contributed by atoms with Gasteiger partial charge in [0.1, 0.15) is 11.4 Å². The summed E-state index contributed by atoms with van der Waals surface area (Å²) in [4.78, 5) is 37.7. The topological polar surface area (TPSA) is 125 Å². The van der Waals surface area contributed by atoms with E-state index in [4.69, 9.17) is 15.9 Å². The molecule has 32 heavy (non-hydrogen) atoms. The first-order valence-electron chi connectivity index (χ1n) is 10.5. The Kier molecular flexibility index (Phi) is 5.89. The summed E-state index contributed by atoms with van der Waals surface area (Å²) in [6.07, 6.45) is 9.03. The van der Waals surface area contributed by atoms with Gasteiger partial charge in [-0.2, -0.15) is 0 Å². The fourth-order valence-electron chi connectivity index (χ4n) is 4.54. The number of nitrogens with two attached hydrogens (primary N) is 1. The third-order valence-electron chi connectivity index (χ3n) is 6.45. The van der Waals surface area contributed by atoms with Gasteiger partial charge in [-0.3, -0.25) is 14.6 Å². The number of rotatable bonds is 5. The van der Waals surface area contributed by atoms with Gasteiger partial charge in [-0.15, -0.1) is 0 Å². The van der Waals surface area contributed by atoms with Crippen LogP contribution in [-0.4, -0.2) is 59.6 Å². The average molecular weight is 435 g/mol. The maximum Gasteiger partial charge on any atom is 0.274 e. The smallest absolute Gasteiger partial charge is 0.274 e. The lowest BCUT2D eigenvalue weighted by Crippen LogP contribution is -2.46. The molecule has 166 valence electrons. The maximum absolute atomic E-state index is 13.5. The van der Waals surface area contributed by atoms with E-state index in [0.717, 1.165) is 12.1 Å². The Balaban J connectivity index is 1.49. The summed E-state index contributed by atoms with van der Waals surface area (Å²) in [6.45, 7) is 1.64. The lowest BCUT2D eigenvalue weighted by Gasteiger charge is -2.37. The van der Waals surface area contributed by atoms with Crippen LogP contribution in [0.15, 0.2) is 43.0 Å². The molecule has 1 aromatic heterocycles. The molecular weight excluding hydrogens is 408 g/mol. The van der Waals surface area contributed by atoms with Crippen LogP contribution >= 0.6 is 0 Å². The van der Waals surface area contributed by atoms with Gasteiger partial charge in [0.2, 0.25) is 5.91 Å². The van der Waals surface area contributed by atoms with Gasteiger partial charge < -0.3 is 25.7 Å². The van der Waals surface area contributed by atoms with Crippen molar-refractivity contribution in [1.29, 1.82) is 5.41 Å². The molecule has 3 N–H and O–H groups in total. The third kappa shape index (κ3) is 3.70. The van der Waals surface area contributed by atoms with Crippen molar-refractivity contribution < 1.29 is 14.3 Å². The Morgan fingerprint density at radius 2 is 1.97 bits per heavy atom. The van der Waals surface area contributed by atoms with E-state index >= 15 is 0 Å². The molecule has 2 amide bonds. The van der Waals surface area contributed by atoms with Crippen LogP contribution in [0.4, 0.5) is 5.69 Å². The number of anilines is 1. The van der Waals surface area contributed by atoms with E-state index in [0.29, 0.717) is 55.1 Å². The third-order valence-corrected chi connectivity index (χ3v) is 6.45. The monoisotopic (exact) mass is 434 g/mol. The fourth-order valence-corrected chi connectivity index (χ4v) is 4.54. The second-order valence-electron chi connectivity index (χ2n) is 8.02. The molecule has 4 rings (SSSR count). The number of amides is 2. The second-order valence-corrected chi connectivity index (χ2v) is 8.02. The molecule has 2 aliphatic heterocycles. The number of ether oxygens (including phenoxy) is 1. The highest BCUT2D eigenvalue weighted by Gasteiger charge is 2.49. The quantitative estimate of drug-likeness (QED) is 0.694. The number of hydrogen-bond donors (Lipinski definition) is 2. The first-order valence-corrected chi connectivity index (χ1v) is 10.5. The van der Waals surface area contributed by atoms with Crippen LogP contribution < -0.4 is 15.4 Å². The SMILES string of the molecule is COc1cc(N2CCC3(CCN(C(=O)c4cnccn4)CC3)C2=O)ccc1/C(C=N)=C/N. The molecule has 0 radical (unpaired) electrons. The molecule has 9 heteroatoms. The molecule has 0 bridgehead atoms. The van der Waals surface area contributed by atoms with Gasteiger partial charge in [-0.25, -0.2) is 4.98 Å². The average Bonchev–Trinajstić information content (AvgIpc) is 3.16. The van der Waals surface area contributed by atoms with Crippen molar-refractivity contribution in [2.75, 3.05) is 31.6 Å². The first kappa shape index (κ1) is 21.5. The number of benzene rings is 1. The largest absolute Gasteiger partial charge is 0.496 e. The van der Waals surface area contributed by atoms with Crippen molar-refractivity contribution in [1.82, 2.24) is 14.9 Å². The van der Waals surface area contributed by atoms with Gasteiger partial charge in [0.25, 0.3) is 5.91 Å². The summed E-state index contributed by atoms with van der Waals surface area (Å²) in [7, 11) is 1.55. The van der Waals surface area contributed by atoms with Crippen LogP contribution in [0.25, 0.3) is 5.57 Å². The fraction of sp³-hybridized carbons (Fsp3) is 0.348. The van der Waals surface area contributed by atoms with Gasteiger partial charge in [-0.1, -0.05) is 0 Å². The highest BCUT2D eigenvalue weighted by molar-refractivity contribution is 6.09. The summed E-state index contributed by atoms with van der Waals surface area (Å²) in [5, 5.41) is 7.52.